The predicted molar refractivity (Wildman–Crippen MR) is 70.3 cm³/mol. The number of nitrogens with one attached hydrogen (secondary N) is 1. The van der Waals surface area contributed by atoms with Crippen molar-refractivity contribution in [1.29, 1.82) is 0 Å². The molecule has 94 valence electrons. The summed E-state index contributed by atoms with van der Waals surface area (Å²) in [6.07, 6.45) is 4.22. The van der Waals surface area contributed by atoms with Gasteiger partial charge in [0.25, 0.3) is 5.91 Å². The van der Waals surface area contributed by atoms with Crippen LogP contribution in [0.15, 0.2) is 18.3 Å². The van der Waals surface area contributed by atoms with E-state index in [0.29, 0.717) is 12.0 Å². The second-order valence-corrected chi connectivity index (χ2v) is 4.69. The summed E-state index contributed by atoms with van der Waals surface area (Å²) in [5.41, 5.74) is 1.31. The van der Waals surface area contributed by atoms with Gasteiger partial charge in [0.2, 0.25) is 0 Å². The largest absolute Gasteiger partial charge is 0.396 e. The molecule has 1 aromatic rings. The van der Waals surface area contributed by atoms with Crippen LogP contribution in [0.3, 0.4) is 0 Å². The van der Waals surface area contributed by atoms with Gasteiger partial charge >= 0.3 is 0 Å². The van der Waals surface area contributed by atoms with E-state index < -0.39 is 0 Å². The molecule has 0 aliphatic heterocycles. The summed E-state index contributed by atoms with van der Waals surface area (Å²) in [5.74, 6) is 0.675. The average molecular weight is 254 g/mol. The third-order valence-corrected chi connectivity index (χ3v) is 3.17. The van der Waals surface area contributed by atoms with Crippen LogP contribution in [0.2, 0.25) is 0 Å². The fraction of sp³-hybridized carbons (Fsp3) is 0.500. The molecule has 1 unspecified atom stereocenters. The van der Waals surface area contributed by atoms with Crippen molar-refractivity contribution in [1.82, 2.24) is 10.3 Å². The number of carbonyl (C=O) groups is 1. The highest BCUT2D eigenvalue weighted by Crippen LogP contribution is 2.06. The van der Waals surface area contributed by atoms with Crippen LogP contribution in [0.1, 0.15) is 22.5 Å². The number of carbonyl (C=O) groups excluding carboxylic acids is 1. The summed E-state index contributed by atoms with van der Waals surface area (Å²) >= 11 is 1.65. The molecule has 0 bridgehead atoms. The Hall–Kier alpha value is -1.07. The zero-order valence-corrected chi connectivity index (χ0v) is 11.0. The van der Waals surface area contributed by atoms with Crippen LogP contribution in [-0.4, -0.2) is 40.7 Å². The number of thioether (sulfide) groups is 1. The van der Waals surface area contributed by atoms with Crippen LogP contribution >= 0.6 is 11.8 Å². The van der Waals surface area contributed by atoms with E-state index in [1.165, 1.54) is 0 Å². The van der Waals surface area contributed by atoms with Crippen molar-refractivity contribution in [3.63, 3.8) is 0 Å². The van der Waals surface area contributed by atoms with Crippen LogP contribution in [0, 0.1) is 6.92 Å². The molecule has 0 aliphatic rings. The van der Waals surface area contributed by atoms with Gasteiger partial charge in [-0.05, 0) is 31.7 Å². The molecule has 1 aromatic heterocycles. The third-order valence-electron chi connectivity index (χ3n) is 2.43. The van der Waals surface area contributed by atoms with E-state index in [9.17, 15) is 4.79 Å². The van der Waals surface area contributed by atoms with Gasteiger partial charge < -0.3 is 10.4 Å². The van der Waals surface area contributed by atoms with Crippen molar-refractivity contribution in [2.24, 2.45) is 0 Å². The lowest BCUT2D eigenvalue weighted by atomic mass is 10.1. The SMILES string of the molecule is CSCC(CCO)NC(=O)c1cccnc1C. The number of rotatable bonds is 6. The standard InChI is InChI=1S/C12H18N2O2S/c1-9-11(4-3-6-13-9)12(16)14-10(5-7-15)8-17-2/h3-4,6,10,15H,5,7-8H2,1-2H3,(H,14,16). The third kappa shape index (κ3) is 4.36. The number of hydrogen-bond acceptors (Lipinski definition) is 4. The Morgan fingerprint density at radius 2 is 2.41 bits per heavy atom. The number of aromatic nitrogens is 1. The molecule has 1 heterocycles. The number of nitrogens with zero attached hydrogens (tertiary/aromatic N) is 1. The normalized spacial score (nSPS) is 12.2. The Labute approximate surface area is 106 Å². The van der Waals surface area contributed by atoms with Gasteiger partial charge in [0.05, 0.1) is 5.56 Å². The number of hydrogen-bond donors (Lipinski definition) is 2. The Kier molecular flexibility index (Phi) is 6.00. The van der Waals surface area contributed by atoms with Gasteiger partial charge in [-0.15, -0.1) is 0 Å². The van der Waals surface area contributed by atoms with Crippen LogP contribution in [0.4, 0.5) is 0 Å². The fourth-order valence-corrected chi connectivity index (χ4v) is 2.19. The molecule has 1 rings (SSSR count). The molecule has 2 N–H and O–H groups in total. The molecule has 0 fully saturated rings. The molecule has 0 saturated carbocycles. The van der Waals surface area contributed by atoms with E-state index in [2.05, 4.69) is 10.3 Å². The summed E-state index contributed by atoms with van der Waals surface area (Å²) in [7, 11) is 0. The first kappa shape index (κ1) is 14.0. The molecule has 17 heavy (non-hydrogen) atoms. The number of pyridine rings is 1. The van der Waals surface area contributed by atoms with Gasteiger partial charge in [-0.25, -0.2) is 0 Å². The van der Waals surface area contributed by atoms with Gasteiger partial charge in [-0.3, -0.25) is 9.78 Å². The predicted octanol–water partition coefficient (Wildman–Crippen LogP) is 1.23. The summed E-state index contributed by atoms with van der Waals surface area (Å²) in [6.45, 7) is 1.89. The van der Waals surface area contributed by atoms with Gasteiger partial charge in [0, 0.05) is 30.3 Å². The van der Waals surface area contributed by atoms with Crippen LogP contribution in [-0.2, 0) is 0 Å². The summed E-state index contributed by atoms with van der Waals surface area (Å²) in [6, 6.07) is 3.51. The van der Waals surface area contributed by atoms with E-state index in [1.807, 2.05) is 13.2 Å². The quantitative estimate of drug-likeness (QED) is 0.801. The van der Waals surface area contributed by atoms with Gasteiger partial charge in [0.1, 0.15) is 0 Å². The van der Waals surface area contributed by atoms with Crippen molar-refractivity contribution >= 4 is 17.7 Å². The van der Waals surface area contributed by atoms with Crippen LogP contribution in [0.5, 0.6) is 0 Å². The summed E-state index contributed by atoms with van der Waals surface area (Å²) < 4.78 is 0. The van der Waals surface area contributed by atoms with E-state index in [0.717, 1.165) is 11.4 Å². The molecular weight excluding hydrogens is 236 g/mol. The highest BCUT2D eigenvalue weighted by molar-refractivity contribution is 7.98. The Morgan fingerprint density at radius 3 is 3.00 bits per heavy atom. The first-order chi connectivity index (χ1) is 8.19. The molecule has 1 atom stereocenters. The van der Waals surface area contributed by atoms with Crippen LogP contribution < -0.4 is 5.32 Å². The summed E-state index contributed by atoms with van der Waals surface area (Å²) in [5, 5.41) is 11.8. The highest BCUT2D eigenvalue weighted by atomic mass is 32.2. The van der Waals surface area contributed by atoms with Crippen molar-refractivity contribution in [3.05, 3.63) is 29.6 Å². The number of aliphatic hydroxyl groups is 1. The van der Waals surface area contributed by atoms with Gasteiger partial charge in [-0.1, -0.05) is 0 Å². The minimum Gasteiger partial charge on any atom is -0.396 e. The molecule has 0 aromatic carbocycles. The minimum absolute atomic E-state index is 0.00195. The second kappa shape index (κ2) is 7.29. The maximum atomic E-state index is 12.0. The number of aliphatic hydroxyl groups excluding tert-OH is 1. The van der Waals surface area contributed by atoms with Crippen molar-refractivity contribution in [3.8, 4) is 0 Å². The lowest BCUT2D eigenvalue weighted by molar-refractivity contribution is 0.0934. The topological polar surface area (TPSA) is 62.2 Å². The number of aryl methyl sites for hydroxylation is 1. The maximum absolute atomic E-state index is 12.0. The molecule has 0 radical (unpaired) electrons. The fourth-order valence-electron chi connectivity index (χ4n) is 1.54. The average Bonchev–Trinajstić information content (AvgIpc) is 2.30. The zero-order valence-electron chi connectivity index (χ0n) is 10.1. The Morgan fingerprint density at radius 1 is 1.65 bits per heavy atom. The molecular formula is C12H18N2O2S. The van der Waals surface area contributed by atoms with E-state index in [1.54, 1.807) is 30.1 Å². The Balaban J connectivity index is 2.67. The van der Waals surface area contributed by atoms with Crippen molar-refractivity contribution < 1.29 is 9.90 Å². The van der Waals surface area contributed by atoms with Crippen molar-refractivity contribution in [2.45, 2.75) is 19.4 Å². The smallest absolute Gasteiger partial charge is 0.253 e. The lowest BCUT2D eigenvalue weighted by Gasteiger charge is -2.17. The van der Waals surface area contributed by atoms with E-state index in [-0.39, 0.29) is 18.6 Å². The minimum atomic E-state index is -0.122. The van der Waals surface area contributed by atoms with E-state index >= 15 is 0 Å². The molecule has 0 aliphatic carbocycles. The lowest BCUT2D eigenvalue weighted by Crippen LogP contribution is -2.37. The molecule has 1 amide bonds. The van der Waals surface area contributed by atoms with Crippen LogP contribution in [0.25, 0.3) is 0 Å². The molecule has 4 nitrogen and oxygen atoms in total. The van der Waals surface area contributed by atoms with Gasteiger partial charge in [-0.2, -0.15) is 11.8 Å². The zero-order chi connectivity index (χ0) is 12.7. The summed E-state index contributed by atoms with van der Waals surface area (Å²) in [4.78, 5) is 16.1. The highest BCUT2D eigenvalue weighted by Gasteiger charge is 2.14. The molecule has 5 heteroatoms. The molecule has 0 spiro atoms. The first-order valence-electron chi connectivity index (χ1n) is 5.51. The Bertz CT molecular complexity index is 365. The van der Waals surface area contributed by atoms with Gasteiger partial charge in [0.15, 0.2) is 0 Å². The van der Waals surface area contributed by atoms with Crippen molar-refractivity contribution in [2.75, 3.05) is 18.6 Å². The maximum Gasteiger partial charge on any atom is 0.253 e. The number of amides is 1. The second-order valence-electron chi connectivity index (χ2n) is 3.77. The first-order valence-corrected chi connectivity index (χ1v) is 6.90. The monoisotopic (exact) mass is 254 g/mol. The molecule has 0 saturated heterocycles. The van der Waals surface area contributed by atoms with E-state index in [4.69, 9.17) is 5.11 Å².